The number of hydrogen-bond donors (Lipinski definition) is 1. The second-order valence-corrected chi connectivity index (χ2v) is 9.19. The number of hydrogen-bond acceptors (Lipinski definition) is 7. The molecule has 148 valence electrons. The molecule has 2 aliphatic rings. The monoisotopic (exact) mass is 426 g/mol. The zero-order valence-electron chi connectivity index (χ0n) is 15.5. The number of nitrogens with one attached hydrogen (secondary N) is 1. The maximum atomic E-state index is 13.2. The van der Waals surface area contributed by atoms with Crippen molar-refractivity contribution < 1.29 is 14.3 Å². The largest absolute Gasteiger partial charge is 0.444 e. The first-order valence-electron chi connectivity index (χ1n) is 9.26. The Bertz CT molecular complexity index is 1110. The van der Waals surface area contributed by atoms with Crippen molar-refractivity contribution in [3.05, 3.63) is 78.8 Å². The molecule has 2 aliphatic heterocycles. The first kappa shape index (κ1) is 18.4. The van der Waals surface area contributed by atoms with Crippen molar-refractivity contribution >= 4 is 40.1 Å². The van der Waals surface area contributed by atoms with Gasteiger partial charge in [0.15, 0.2) is 6.23 Å². The maximum Gasteiger partial charge on any atom is 0.416 e. The Balaban J connectivity index is 1.51. The Morgan fingerprint density at radius 2 is 1.83 bits per heavy atom. The van der Waals surface area contributed by atoms with Crippen molar-refractivity contribution in [2.24, 2.45) is 0 Å². The van der Waals surface area contributed by atoms with Crippen molar-refractivity contribution in [1.82, 2.24) is 0 Å². The Hall–Kier alpha value is -2.68. The summed E-state index contributed by atoms with van der Waals surface area (Å²) in [6.45, 7) is 2.08. The molecule has 1 aromatic heterocycles. The number of ether oxygens (including phenoxy) is 2. The minimum atomic E-state index is -0.596. The van der Waals surface area contributed by atoms with E-state index in [0.29, 0.717) is 5.69 Å². The minimum absolute atomic E-state index is 0.0324. The first-order valence-corrected chi connectivity index (χ1v) is 10.9. The molecule has 0 bridgehead atoms. The van der Waals surface area contributed by atoms with Gasteiger partial charge in [0.25, 0.3) is 4.06 Å². The molecule has 2 aromatic carbocycles. The number of benzene rings is 2. The minimum Gasteiger partial charge on any atom is -0.444 e. The second-order valence-electron chi connectivity index (χ2n) is 6.90. The van der Waals surface area contributed by atoms with Gasteiger partial charge in [0, 0.05) is 0 Å². The molecule has 5 rings (SSSR count). The van der Waals surface area contributed by atoms with Gasteiger partial charge in [-0.05, 0) is 24.6 Å². The van der Waals surface area contributed by atoms with E-state index in [1.165, 1.54) is 22.7 Å². The van der Waals surface area contributed by atoms with E-state index in [1.54, 1.807) is 4.90 Å². The van der Waals surface area contributed by atoms with Crippen LogP contribution in [0.4, 0.5) is 16.2 Å². The van der Waals surface area contributed by atoms with Crippen molar-refractivity contribution in [2.45, 2.75) is 31.9 Å². The molecule has 1 amide bonds. The zero-order valence-corrected chi connectivity index (χ0v) is 17.2. The summed E-state index contributed by atoms with van der Waals surface area (Å²) in [6.07, 6.45) is -1.34. The number of rotatable bonds is 2. The molecule has 0 aliphatic carbocycles. The third-order valence-corrected chi connectivity index (χ3v) is 7.47. The molecule has 0 spiro atoms. The molecule has 6 nitrogen and oxygen atoms in total. The lowest BCUT2D eigenvalue weighted by Crippen LogP contribution is -2.52. The summed E-state index contributed by atoms with van der Waals surface area (Å²) in [5.74, 6) is 0. The van der Waals surface area contributed by atoms with Crippen LogP contribution in [0.1, 0.15) is 34.4 Å². The van der Waals surface area contributed by atoms with Gasteiger partial charge in [-0.2, -0.15) is 0 Å². The van der Waals surface area contributed by atoms with Gasteiger partial charge in [0.2, 0.25) is 0 Å². The lowest BCUT2D eigenvalue weighted by molar-refractivity contribution is -0.0275. The number of nitrogens with zero attached hydrogens (tertiary/aromatic N) is 1. The van der Waals surface area contributed by atoms with Crippen LogP contribution in [0.5, 0.6) is 0 Å². The van der Waals surface area contributed by atoms with Crippen LogP contribution in [-0.2, 0) is 16.1 Å². The van der Waals surface area contributed by atoms with Gasteiger partial charge in [-0.25, -0.2) is 9.69 Å². The fraction of sp³-hybridized carbons (Fsp3) is 0.238. The average Bonchev–Trinajstić information content (AvgIpc) is 3.14. The van der Waals surface area contributed by atoms with Crippen LogP contribution in [-0.4, -0.2) is 12.3 Å². The second kappa shape index (κ2) is 7.29. The number of fused-ring (bicyclic) bond motifs is 4. The van der Waals surface area contributed by atoms with Crippen LogP contribution in [0.15, 0.2) is 59.4 Å². The molecule has 0 saturated heterocycles. The first-order chi connectivity index (χ1) is 14.1. The lowest BCUT2D eigenvalue weighted by atomic mass is 10.0. The maximum absolute atomic E-state index is 13.2. The van der Waals surface area contributed by atoms with Gasteiger partial charge in [-0.1, -0.05) is 65.1 Å². The zero-order chi connectivity index (χ0) is 20.0. The van der Waals surface area contributed by atoms with Crippen LogP contribution in [0.25, 0.3) is 0 Å². The van der Waals surface area contributed by atoms with E-state index in [1.807, 2.05) is 61.5 Å². The third kappa shape index (κ3) is 3.23. The number of para-hydroxylation sites is 2. The Morgan fingerprint density at radius 3 is 2.66 bits per heavy atom. The van der Waals surface area contributed by atoms with Gasteiger partial charge in [0.05, 0.1) is 27.2 Å². The number of carbonyl (C=O) groups excluding carboxylic acids is 1. The number of amides is 1. The van der Waals surface area contributed by atoms with Crippen molar-refractivity contribution in [3.8, 4) is 0 Å². The quantitative estimate of drug-likeness (QED) is 0.631. The molecule has 3 heterocycles. The van der Waals surface area contributed by atoms with E-state index in [2.05, 4.69) is 5.32 Å². The highest BCUT2D eigenvalue weighted by atomic mass is 32.2. The van der Waals surface area contributed by atoms with Crippen LogP contribution < -0.4 is 14.3 Å². The van der Waals surface area contributed by atoms with Crippen molar-refractivity contribution in [2.75, 3.05) is 10.2 Å². The summed E-state index contributed by atoms with van der Waals surface area (Å²) in [5.41, 5.74) is 2.42. The highest BCUT2D eigenvalue weighted by Crippen LogP contribution is 2.48. The lowest BCUT2D eigenvalue weighted by Gasteiger charge is -2.45. The standard InChI is InChI=1S/C21H18N2O4S2/c1-12-17-18(29-21(25)28-17)16-19(27-12)23(15-10-6-5-9-14(15)22-16)20(24)26-11-13-7-3-2-4-8-13/h2-10,12,16,19,22H,11H2,1H3/t12-,16+,19-/m1/s1. The Kier molecular flexibility index (Phi) is 4.61. The highest BCUT2D eigenvalue weighted by Gasteiger charge is 2.46. The van der Waals surface area contributed by atoms with Crippen molar-refractivity contribution in [3.63, 3.8) is 0 Å². The van der Waals surface area contributed by atoms with Gasteiger partial charge in [-0.3, -0.25) is 4.79 Å². The SMILES string of the molecule is C[C@H]1O[C@@H]2[C@@H](Nc3ccccc3N2C(=O)OCc2ccccc2)c2sc(=O)sc21. The fourth-order valence-electron chi connectivity index (χ4n) is 3.73. The smallest absolute Gasteiger partial charge is 0.416 e. The molecule has 3 atom stereocenters. The molecule has 8 heteroatoms. The third-order valence-electron chi connectivity index (χ3n) is 5.04. The molecule has 0 saturated carbocycles. The average molecular weight is 427 g/mol. The molecular weight excluding hydrogens is 408 g/mol. The van der Waals surface area contributed by atoms with Crippen molar-refractivity contribution in [1.29, 1.82) is 0 Å². The summed E-state index contributed by atoms with van der Waals surface area (Å²) < 4.78 is 11.9. The normalized spacial score (nSPS) is 22.1. The van der Waals surface area contributed by atoms with E-state index < -0.39 is 12.3 Å². The summed E-state index contributed by atoms with van der Waals surface area (Å²) >= 11 is 2.44. The summed E-state index contributed by atoms with van der Waals surface area (Å²) in [4.78, 5) is 28.6. The summed E-state index contributed by atoms with van der Waals surface area (Å²) in [7, 11) is 0. The molecule has 0 unspecified atom stereocenters. The van der Waals surface area contributed by atoms with Crippen LogP contribution >= 0.6 is 22.7 Å². The number of anilines is 2. The molecule has 29 heavy (non-hydrogen) atoms. The molecule has 0 fully saturated rings. The molecule has 0 radical (unpaired) electrons. The Morgan fingerprint density at radius 1 is 1.10 bits per heavy atom. The summed E-state index contributed by atoms with van der Waals surface area (Å²) in [5, 5.41) is 3.45. The molecule has 3 aromatic rings. The topological polar surface area (TPSA) is 67.9 Å². The number of carbonyl (C=O) groups is 1. The predicted molar refractivity (Wildman–Crippen MR) is 114 cm³/mol. The van der Waals surface area contributed by atoms with E-state index in [0.717, 1.165) is 21.0 Å². The Labute approximate surface area is 175 Å². The van der Waals surface area contributed by atoms with Gasteiger partial charge < -0.3 is 14.8 Å². The van der Waals surface area contributed by atoms with Crippen LogP contribution in [0.3, 0.4) is 0 Å². The fourth-order valence-corrected chi connectivity index (χ4v) is 6.06. The molecule has 1 N–H and O–H groups in total. The van der Waals surface area contributed by atoms with Gasteiger partial charge >= 0.3 is 6.09 Å². The molecular formula is C21H18N2O4S2. The van der Waals surface area contributed by atoms with E-state index >= 15 is 0 Å². The van der Waals surface area contributed by atoms with Crippen LogP contribution in [0, 0.1) is 0 Å². The highest BCUT2D eigenvalue weighted by molar-refractivity contribution is 7.27. The van der Waals surface area contributed by atoms with E-state index in [-0.39, 0.29) is 22.8 Å². The van der Waals surface area contributed by atoms with Gasteiger partial charge in [0.1, 0.15) is 12.6 Å². The van der Waals surface area contributed by atoms with Crippen LogP contribution in [0.2, 0.25) is 0 Å². The van der Waals surface area contributed by atoms with E-state index in [9.17, 15) is 9.59 Å². The summed E-state index contributed by atoms with van der Waals surface area (Å²) in [6, 6.07) is 16.8. The van der Waals surface area contributed by atoms with Gasteiger partial charge in [-0.15, -0.1) is 0 Å². The van der Waals surface area contributed by atoms with E-state index in [4.69, 9.17) is 9.47 Å². The predicted octanol–water partition coefficient (Wildman–Crippen LogP) is 4.90.